The highest BCUT2D eigenvalue weighted by molar-refractivity contribution is 4.58. The molecule has 0 aromatic carbocycles. The lowest BCUT2D eigenvalue weighted by molar-refractivity contribution is 0.0151. The molecule has 0 radical (unpaired) electrons. The molecule has 2 N–H and O–H groups in total. The van der Waals surface area contributed by atoms with E-state index >= 15 is 0 Å². The minimum atomic E-state index is -2.37. The highest BCUT2D eigenvalue weighted by Gasteiger charge is 2.03. The molecule has 0 aliphatic rings. The van der Waals surface area contributed by atoms with Crippen LogP contribution in [0.5, 0.6) is 0 Å². The van der Waals surface area contributed by atoms with Gasteiger partial charge in [0.1, 0.15) is 6.61 Å². The van der Waals surface area contributed by atoms with Crippen molar-refractivity contribution in [3.63, 3.8) is 0 Å². The summed E-state index contributed by atoms with van der Waals surface area (Å²) in [5, 5.41) is 0. The normalized spacial score (nSPS) is 13.8. The lowest BCUT2D eigenvalue weighted by Crippen LogP contribution is -2.22. The van der Waals surface area contributed by atoms with Gasteiger partial charge in [-0.05, 0) is 12.8 Å². The second-order valence-corrected chi connectivity index (χ2v) is 2.80. The number of nitrogens with two attached hydrogens (primary N) is 1. The molecule has 2 nitrogen and oxygen atoms in total. The van der Waals surface area contributed by atoms with Crippen molar-refractivity contribution in [1.82, 2.24) is 0 Å². The van der Waals surface area contributed by atoms with Crippen LogP contribution in [0, 0.1) is 0 Å². The van der Waals surface area contributed by atoms with Gasteiger partial charge in [-0.1, -0.05) is 13.3 Å². The van der Waals surface area contributed by atoms with Crippen molar-refractivity contribution in [3.8, 4) is 0 Å². The van der Waals surface area contributed by atoms with Crippen molar-refractivity contribution in [2.75, 3.05) is 13.2 Å². The highest BCUT2D eigenvalue weighted by Crippen LogP contribution is 1.99. The van der Waals surface area contributed by atoms with E-state index in [1.165, 1.54) is 0 Å². The number of alkyl halides is 2. The van der Waals surface area contributed by atoms with Gasteiger partial charge in [0, 0.05) is 12.6 Å². The van der Waals surface area contributed by atoms with Gasteiger partial charge >= 0.3 is 0 Å². The summed E-state index contributed by atoms with van der Waals surface area (Å²) in [6.07, 6.45) is 0.252. The summed E-state index contributed by atoms with van der Waals surface area (Å²) in [6, 6.07) is 0.0904. The fourth-order valence-corrected chi connectivity index (χ4v) is 0.922. The zero-order valence-electron chi connectivity index (χ0n) is 7.43. The second-order valence-electron chi connectivity index (χ2n) is 2.80. The van der Waals surface area contributed by atoms with Gasteiger partial charge in [-0.15, -0.1) is 0 Å². The predicted octanol–water partition coefficient (Wildman–Crippen LogP) is 1.79. The third-order valence-electron chi connectivity index (χ3n) is 1.54. The third-order valence-corrected chi connectivity index (χ3v) is 1.54. The van der Waals surface area contributed by atoms with Crippen LogP contribution in [-0.4, -0.2) is 25.7 Å². The Morgan fingerprint density at radius 2 is 2.00 bits per heavy atom. The smallest absolute Gasteiger partial charge is 0.261 e. The maximum absolute atomic E-state index is 11.6. The molecule has 0 aliphatic heterocycles. The van der Waals surface area contributed by atoms with Crippen molar-refractivity contribution in [2.45, 2.75) is 38.7 Å². The maximum Gasteiger partial charge on any atom is 0.261 e. The van der Waals surface area contributed by atoms with E-state index in [2.05, 4.69) is 4.74 Å². The third kappa shape index (κ3) is 7.88. The first kappa shape index (κ1) is 11.8. The van der Waals surface area contributed by atoms with E-state index in [1.807, 2.05) is 6.92 Å². The molecule has 74 valence electrons. The molecular weight excluding hydrogens is 164 g/mol. The molecule has 4 heteroatoms. The maximum atomic E-state index is 11.6. The zero-order valence-corrected chi connectivity index (χ0v) is 7.43. The molecule has 0 fully saturated rings. The quantitative estimate of drug-likeness (QED) is 0.608. The lowest BCUT2D eigenvalue weighted by Gasteiger charge is -2.09. The lowest BCUT2D eigenvalue weighted by atomic mass is 10.1. The van der Waals surface area contributed by atoms with E-state index in [0.717, 1.165) is 12.8 Å². The van der Waals surface area contributed by atoms with Crippen LogP contribution in [0.15, 0.2) is 0 Å². The number of hydrogen-bond acceptors (Lipinski definition) is 2. The first-order chi connectivity index (χ1) is 5.66. The van der Waals surface area contributed by atoms with E-state index in [0.29, 0.717) is 13.0 Å². The van der Waals surface area contributed by atoms with Crippen molar-refractivity contribution < 1.29 is 13.5 Å². The first-order valence-corrected chi connectivity index (χ1v) is 4.28. The Morgan fingerprint density at radius 3 is 2.50 bits per heavy atom. The summed E-state index contributed by atoms with van der Waals surface area (Å²) in [7, 11) is 0. The Kier molecular flexibility index (Phi) is 7.29. The molecule has 0 saturated heterocycles. The summed E-state index contributed by atoms with van der Waals surface area (Å²) >= 11 is 0. The van der Waals surface area contributed by atoms with Crippen LogP contribution in [0.1, 0.15) is 26.2 Å². The van der Waals surface area contributed by atoms with Gasteiger partial charge in [-0.2, -0.15) is 0 Å². The molecule has 0 rings (SSSR count). The molecule has 0 spiro atoms. The van der Waals surface area contributed by atoms with Crippen LogP contribution >= 0.6 is 0 Å². The van der Waals surface area contributed by atoms with Crippen LogP contribution in [0.4, 0.5) is 8.78 Å². The first-order valence-electron chi connectivity index (χ1n) is 4.28. The van der Waals surface area contributed by atoms with Crippen LogP contribution in [-0.2, 0) is 4.74 Å². The van der Waals surface area contributed by atoms with Gasteiger partial charge in [-0.3, -0.25) is 0 Å². The molecule has 0 heterocycles. The minimum absolute atomic E-state index is 0.0904. The molecule has 0 aromatic rings. The Labute approximate surface area is 72.1 Å². The molecule has 0 saturated carbocycles. The SMILES string of the molecule is CCC[C@H](N)CCOCC(F)F. The predicted molar refractivity (Wildman–Crippen MR) is 44.3 cm³/mol. The molecule has 12 heavy (non-hydrogen) atoms. The molecule has 0 aromatic heterocycles. The van der Waals surface area contributed by atoms with Crippen molar-refractivity contribution in [2.24, 2.45) is 5.73 Å². The highest BCUT2D eigenvalue weighted by atomic mass is 19.3. The number of halogens is 2. The number of hydrogen-bond donors (Lipinski definition) is 1. The fourth-order valence-electron chi connectivity index (χ4n) is 0.922. The largest absolute Gasteiger partial charge is 0.375 e. The van der Waals surface area contributed by atoms with Gasteiger partial charge in [0.25, 0.3) is 6.43 Å². The zero-order chi connectivity index (χ0) is 9.40. The summed E-state index contributed by atoms with van der Waals surface area (Å²) in [5.41, 5.74) is 5.63. The van der Waals surface area contributed by atoms with Gasteiger partial charge in [-0.25, -0.2) is 8.78 Å². The second kappa shape index (κ2) is 7.43. The summed E-state index contributed by atoms with van der Waals surface area (Å²) < 4.78 is 27.8. The van der Waals surface area contributed by atoms with E-state index in [1.54, 1.807) is 0 Å². The number of rotatable bonds is 7. The van der Waals surface area contributed by atoms with Crippen LogP contribution < -0.4 is 5.73 Å². The molecule has 0 bridgehead atoms. The Bertz CT molecular complexity index is 101. The van der Waals surface area contributed by atoms with Gasteiger partial charge in [0.15, 0.2) is 0 Å². The number of ether oxygens (including phenoxy) is 1. The van der Waals surface area contributed by atoms with Crippen LogP contribution in [0.2, 0.25) is 0 Å². The Balaban J connectivity index is 3.08. The van der Waals surface area contributed by atoms with Gasteiger partial charge < -0.3 is 10.5 Å². The van der Waals surface area contributed by atoms with Gasteiger partial charge in [0.05, 0.1) is 0 Å². The van der Waals surface area contributed by atoms with Crippen LogP contribution in [0.3, 0.4) is 0 Å². The Morgan fingerprint density at radius 1 is 1.33 bits per heavy atom. The van der Waals surface area contributed by atoms with Crippen LogP contribution in [0.25, 0.3) is 0 Å². The van der Waals surface area contributed by atoms with Gasteiger partial charge in [0.2, 0.25) is 0 Å². The topological polar surface area (TPSA) is 35.2 Å². The minimum Gasteiger partial charge on any atom is -0.375 e. The fraction of sp³-hybridized carbons (Fsp3) is 1.00. The molecule has 1 atom stereocenters. The van der Waals surface area contributed by atoms with E-state index in [-0.39, 0.29) is 6.04 Å². The monoisotopic (exact) mass is 181 g/mol. The molecule has 0 aliphatic carbocycles. The van der Waals surface area contributed by atoms with Crippen molar-refractivity contribution in [1.29, 1.82) is 0 Å². The summed E-state index contributed by atoms with van der Waals surface area (Å²) in [4.78, 5) is 0. The Hall–Kier alpha value is -0.220. The average molecular weight is 181 g/mol. The molecular formula is C8H17F2NO. The van der Waals surface area contributed by atoms with Crippen molar-refractivity contribution >= 4 is 0 Å². The molecule has 0 amide bonds. The van der Waals surface area contributed by atoms with E-state index < -0.39 is 13.0 Å². The van der Waals surface area contributed by atoms with Crippen molar-refractivity contribution in [3.05, 3.63) is 0 Å². The average Bonchev–Trinajstić information content (AvgIpc) is 1.98. The van der Waals surface area contributed by atoms with E-state index in [4.69, 9.17) is 5.73 Å². The summed E-state index contributed by atoms with van der Waals surface area (Å²) in [5.74, 6) is 0. The standard InChI is InChI=1S/C8H17F2NO/c1-2-3-7(11)4-5-12-6-8(9)10/h7-8H,2-6,11H2,1H3/t7-/m0/s1. The van der Waals surface area contributed by atoms with E-state index in [9.17, 15) is 8.78 Å². The molecule has 0 unspecified atom stereocenters. The summed E-state index contributed by atoms with van der Waals surface area (Å²) in [6.45, 7) is 1.91.